The van der Waals surface area contributed by atoms with Crippen LogP contribution in [0.15, 0.2) is 54.6 Å². The van der Waals surface area contributed by atoms with Gasteiger partial charge in [0.25, 0.3) is 0 Å². The zero-order chi connectivity index (χ0) is 23.4. The first-order valence-corrected chi connectivity index (χ1v) is 11.8. The average Bonchev–Trinajstić information content (AvgIpc) is 2.83. The minimum absolute atomic E-state index is 0.269. The minimum Gasteiger partial charge on any atom is -0.489 e. The molecule has 33 heavy (non-hydrogen) atoms. The summed E-state index contributed by atoms with van der Waals surface area (Å²) in [4.78, 5) is 0. The Hall–Kier alpha value is -2.40. The molecule has 0 bridgehead atoms. The third kappa shape index (κ3) is 5.57. The van der Waals surface area contributed by atoms with Crippen molar-refractivity contribution in [3.63, 3.8) is 0 Å². The lowest BCUT2D eigenvalue weighted by Gasteiger charge is -2.32. The molecule has 0 saturated heterocycles. The highest BCUT2D eigenvalue weighted by molar-refractivity contribution is 7.77. The van der Waals surface area contributed by atoms with Crippen molar-refractivity contribution in [2.75, 3.05) is 26.1 Å². The molecular formula is C25H23Cl2N3O2S. The van der Waals surface area contributed by atoms with Crippen LogP contribution in [0, 0.1) is 11.3 Å². The number of nitrogens with zero attached hydrogens (tertiary/aromatic N) is 3. The normalized spacial score (nSPS) is 13.5. The maximum atomic E-state index is 9.44. The molecule has 0 aliphatic carbocycles. The maximum absolute atomic E-state index is 9.44. The molecule has 5 nitrogen and oxygen atoms in total. The van der Waals surface area contributed by atoms with E-state index in [1.165, 1.54) is 16.7 Å². The van der Waals surface area contributed by atoms with E-state index in [1.54, 1.807) is 12.1 Å². The average molecular weight is 500 g/mol. The molecule has 0 N–H and O–H groups in total. The molecule has 1 aliphatic rings. The quantitative estimate of drug-likeness (QED) is 0.303. The molecule has 170 valence electrons. The van der Waals surface area contributed by atoms with Gasteiger partial charge in [-0.1, -0.05) is 54.7 Å². The fourth-order valence-corrected chi connectivity index (χ4v) is 4.31. The number of thiol groups is 1. The fourth-order valence-electron chi connectivity index (χ4n) is 3.81. The molecule has 0 unspecified atom stereocenters. The van der Waals surface area contributed by atoms with E-state index in [2.05, 4.69) is 42.1 Å². The molecule has 3 aromatic carbocycles. The van der Waals surface area contributed by atoms with Crippen LogP contribution < -0.4 is 9.47 Å². The number of ether oxygens (including phenoxy) is 2. The summed E-state index contributed by atoms with van der Waals surface area (Å²) < 4.78 is 13.3. The summed E-state index contributed by atoms with van der Waals surface area (Å²) in [6.07, 6.45) is 0.988. The fraction of sp³-hybridized carbons (Fsp3) is 0.240. The van der Waals surface area contributed by atoms with Crippen molar-refractivity contribution in [3.05, 3.63) is 76.3 Å². The number of alkyl halides is 1. The lowest BCUT2D eigenvalue weighted by atomic mass is 9.95. The van der Waals surface area contributed by atoms with Gasteiger partial charge in [0, 0.05) is 32.3 Å². The van der Waals surface area contributed by atoms with Crippen LogP contribution in [0.3, 0.4) is 0 Å². The van der Waals surface area contributed by atoms with Crippen molar-refractivity contribution in [2.24, 2.45) is 0 Å². The third-order valence-corrected chi connectivity index (χ3v) is 6.18. The van der Waals surface area contributed by atoms with E-state index in [0.29, 0.717) is 33.7 Å². The SMILES string of the molecule is CN(S)N1CCc2cc(-c3ccc(Oc4cc(Cl)c(OCCCl)c(C#N)c4)cc3)ccc2C1. The van der Waals surface area contributed by atoms with Gasteiger partial charge in [-0.3, -0.25) is 0 Å². The highest BCUT2D eigenvalue weighted by atomic mass is 35.5. The van der Waals surface area contributed by atoms with Crippen molar-refractivity contribution in [2.45, 2.75) is 13.0 Å². The highest BCUT2D eigenvalue weighted by Gasteiger charge is 2.18. The summed E-state index contributed by atoms with van der Waals surface area (Å²) in [6, 6.07) is 19.8. The monoisotopic (exact) mass is 499 g/mol. The first-order valence-electron chi connectivity index (χ1n) is 10.5. The van der Waals surface area contributed by atoms with E-state index in [0.717, 1.165) is 25.1 Å². The first kappa shape index (κ1) is 23.7. The smallest absolute Gasteiger partial charge is 0.155 e. The van der Waals surface area contributed by atoms with Crippen LogP contribution >= 0.6 is 36.0 Å². The Morgan fingerprint density at radius 2 is 1.82 bits per heavy atom. The van der Waals surface area contributed by atoms with Gasteiger partial charge in [-0.05, 0) is 40.8 Å². The highest BCUT2D eigenvalue weighted by Crippen LogP contribution is 2.36. The molecule has 0 spiro atoms. The van der Waals surface area contributed by atoms with Crippen LogP contribution in [0.5, 0.6) is 17.2 Å². The van der Waals surface area contributed by atoms with E-state index < -0.39 is 0 Å². The Kier molecular flexibility index (Phi) is 7.69. The Bertz CT molecular complexity index is 1180. The van der Waals surface area contributed by atoms with Crippen LogP contribution in [0.2, 0.25) is 5.02 Å². The van der Waals surface area contributed by atoms with Crippen LogP contribution in [-0.4, -0.2) is 35.5 Å². The molecule has 0 radical (unpaired) electrons. The molecule has 1 aliphatic heterocycles. The number of rotatable bonds is 7. The van der Waals surface area contributed by atoms with Gasteiger partial charge >= 0.3 is 0 Å². The molecular weight excluding hydrogens is 477 g/mol. The number of hydrogen-bond acceptors (Lipinski definition) is 6. The predicted octanol–water partition coefficient (Wildman–Crippen LogP) is 6.34. The molecule has 0 saturated carbocycles. The zero-order valence-corrected chi connectivity index (χ0v) is 20.5. The van der Waals surface area contributed by atoms with Gasteiger partial charge in [-0.2, -0.15) is 9.68 Å². The second-order valence-electron chi connectivity index (χ2n) is 7.67. The molecule has 0 aromatic heterocycles. The molecule has 0 fully saturated rings. The van der Waals surface area contributed by atoms with E-state index >= 15 is 0 Å². The summed E-state index contributed by atoms with van der Waals surface area (Å²) in [7, 11) is 1.95. The van der Waals surface area contributed by atoms with Gasteiger partial charge in [0.05, 0.1) is 16.5 Å². The lowest BCUT2D eigenvalue weighted by molar-refractivity contribution is 0.0821. The summed E-state index contributed by atoms with van der Waals surface area (Å²) in [5.41, 5.74) is 5.28. The van der Waals surface area contributed by atoms with Crippen molar-refractivity contribution >= 4 is 36.0 Å². The van der Waals surface area contributed by atoms with Crippen molar-refractivity contribution in [1.29, 1.82) is 5.26 Å². The summed E-state index contributed by atoms with van der Waals surface area (Å²) in [5, 5.41) is 11.9. The third-order valence-electron chi connectivity index (χ3n) is 5.49. The number of halogens is 2. The standard InChI is InChI=1S/C25H23Cl2N3O2S/c1-29(33)30-10-8-19-12-18(2-3-20(19)16-30)17-4-6-22(7-5-17)32-23-13-21(15-28)25(24(27)14-23)31-11-9-26/h2-7,12-14,33H,8-11,16H2,1H3. The second kappa shape index (κ2) is 10.7. The molecule has 1 heterocycles. The van der Waals surface area contributed by atoms with Gasteiger partial charge in [-0.15, -0.1) is 11.6 Å². The van der Waals surface area contributed by atoms with Gasteiger partial charge in [0.2, 0.25) is 0 Å². The maximum Gasteiger partial charge on any atom is 0.155 e. The van der Waals surface area contributed by atoms with Gasteiger partial charge < -0.3 is 9.47 Å². The number of benzene rings is 3. The lowest BCUT2D eigenvalue weighted by Crippen LogP contribution is -2.37. The van der Waals surface area contributed by atoms with Crippen LogP contribution in [-0.2, 0) is 13.0 Å². The Morgan fingerprint density at radius 3 is 2.52 bits per heavy atom. The van der Waals surface area contributed by atoms with Crippen LogP contribution in [0.1, 0.15) is 16.7 Å². The summed E-state index contributed by atoms with van der Waals surface area (Å²) in [5.74, 6) is 1.74. The minimum atomic E-state index is 0.269. The van der Waals surface area contributed by atoms with E-state index in [9.17, 15) is 5.26 Å². The molecule has 0 amide bonds. The van der Waals surface area contributed by atoms with Crippen molar-refractivity contribution in [3.8, 4) is 34.4 Å². The Labute approximate surface area is 209 Å². The van der Waals surface area contributed by atoms with Gasteiger partial charge in [0.15, 0.2) is 5.75 Å². The molecule has 3 aromatic rings. The van der Waals surface area contributed by atoms with E-state index in [1.807, 2.05) is 35.7 Å². The Balaban J connectivity index is 1.49. The number of nitriles is 1. The van der Waals surface area contributed by atoms with Crippen molar-refractivity contribution < 1.29 is 9.47 Å². The van der Waals surface area contributed by atoms with Crippen LogP contribution in [0.25, 0.3) is 11.1 Å². The molecule has 0 atom stereocenters. The summed E-state index contributed by atoms with van der Waals surface area (Å²) in [6.45, 7) is 2.09. The van der Waals surface area contributed by atoms with E-state index in [-0.39, 0.29) is 6.61 Å². The molecule has 4 rings (SSSR count). The van der Waals surface area contributed by atoms with Gasteiger partial charge in [0.1, 0.15) is 24.2 Å². The number of hydrogen-bond donors (Lipinski definition) is 1. The zero-order valence-electron chi connectivity index (χ0n) is 18.1. The van der Waals surface area contributed by atoms with Crippen LogP contribution in [0.4, 0.5) is 0 Å². The predicted molar refractivity (Wildman–Crippen MR) is 135 cm³/mol. The number of hydrazine groups is 1. The first-order chi connectivity index (χ1) is 16.0. The van der Waals surface area contributed by atoms with Gasteiger partial charge in [-0.25, -0.2) is 5.01 Å². The number of fused-ring (bicyclic) bond motifs is 1. The summed E-state index contributed by atoms with van der Waals surface area (Å²) >= 11 is 16.4. The molecule has 8 heteroatoms. The van der Waals surface area contributed by atoms with E-state index in [4.69, 9.17) is 32.7 Å². The topological polar surface area (TPSA) is 48.7 Å². The largest absolute Gasteiger partial charge is 0.489 e. The van der Waals surface area contributed by atoms with Crippen molar-refractivity contribution in [1.82, 2.24) is 9.42 Å². The second-order valence-corrected chi connectivity index (χ2v) is 9.03. The Morgan fingerprint density at radius 1 is 1.06 bits per heavy atom.